The van der Waals surface area contributed by atoms with E-state index in [1.165, 1.54) is 9.80 Å². The first-order chi connectivity index (χ1) is 14.5. The van der Waals surface area contributed by atoms with Crippen LogP contribution in [0.15, 0.2) is 52.1 Å². The van der Waals surface area contributed by atoms with Crippen molar-refractivity contribution in [2.75, 3.05) is 20.1 Å². The number of benzene rings is 1. The van der Waals surface area contributed by atoms with Crippen LogP contribution in [0.2, 0.25) is 5.02 Å². The highest BCUT2D eigenvalue weighted by atomic mass is 35.5. The van der Waals surface area contributed by atoms with Crippen molar-refractivity contribution in [3.05, 3.63) is 59.0 Å². The maximum Gasteiger partial charge on any atom is 0.392 e. The van der Waals surface area contributed by atoms with E-state index in [0.717, 1.165) is 30.2 Å². The molecule has 4 heterocycles. The van der Waals surface area contributed by atoms with Crippen LogP contribution in [-0.2, 0) is 17.9 Å². The lowest BCUT2D eigenvalue weighted by molar-refractivity contribution is -0.556. The van der Waals surface area contributed by atoms with Gasteiger partial charge in [-0.15, -0.1) is 0 Å². The molecule has 1 aromatic heterocycles. The van der Waals surface area contributed by atoms with Crippen molar-refractivity contribution in [1.82, 2.24) is 14.7 Å². The summed E-state index contributed by atoms with van der Waals surface area (Å²) in [4.78, 5) is 35.8. The third kappa shape index (κ3) is 3.08. The van der Waals surface area contributed by atoms with Gasteiger partial charge >= 0.3 is 12.0 Å². The summed E-state index contributed by atoms with van der Waals surface area (Å²) < 4.78 is 7.58. The average Bonchev–Trinajstić information content (AvgIpc) is 3.39. The van der Waals surface area contributed by atoms with Gasteiger partial charge in [0, 0.05) is 18.5 Å². The van der Waals surface area contributed by atoms with Crippen LogP contribution in [0, 0.1) is 0 Å². The number of nitrogens with zero attached hydrogens (tertiary/aromatic N) is 5. The molecule has 8 nitrogen and oxygen atoms in total. The fourth-order valence-electron chi connectivity index (χ4n) is 4.18. The van der Waals surface area contributed by atoms with Gasteiger partial charge in [-0.2, -0.15) is 0 Å². The Morgan fingerprint density at radius 2 is 2.03 bits per heavy atom. The minimum Gasteiger partial charge on any atom is -0.466 e. The van der Waals surface area contributed by atoms with Crippen LogP contribution in [-0.4, -0.2) is 69.2 Å². The monoisotopic (exact) mass is 426 g/mol. The molecule has 0 spiro atoms. The summed E-state index contributed by atoms with van der Waals surface area (Å²) in [5.74, 6) is 1.79. The van der Waals surface area contributed by atoms with Crippen LogP contribution in [0.5, 0.6) is 0 Å². The highest BCUT2D eigenvalue weighted by molar-refractivity contribution is 6.30. The number of hydrogen-bond donors (Lipinski definition) is 0. The van der Waals surface area contributed by atoms with E-state index in [1.54, 1.807) is 25.4 Å². The average molecular weight is 427 g/mol. The van der Waals surface area contributed by atoms with Gasteiger partial charge in [0.1, 0.15) is 12.3 Å². The van der Waals surface area contributed by atoms with E-state index in [1.807, 2.05) is 29.2 Å². The first kappa shape index (κ1) is 18.9. The van der Waals surface area contributed by atoms with Crippen molar-refractivity contribution >= 4 is 35.3 Å². The van der Waals surface area contributed by atoms with Gasteiger partial charge in [-0.3, -0.25) is 19.2 Å². The number of urea groups is 1. The Kier molecular flexibility index (Phi) is 4.58. The molecule has 3 aliphatic rings. The summed E-state index contributed by atoms with van der Waals surface area (Å²) in [6, 6.07) is 9.97. The van der Waals surface area contributed by atoms with Gasteiger partial charge in [-0.05, 0) is 29.8 Å². The normalized spacial score (nSPS) is 21.2. The van der Waals surface area contributed by atoms with Crippen LogP contribution in [0.4, 0.5) is 4.79 Å². The lowest BCUT2D eigenvalue weighted by atomic mass is 10.1. The molecule has 2 aromatic rings. The lowest BCUT2D eigenvalue weighted by Crippen LogP contribution is -2.64. The molecule has 3 aliphatic heterocycles. The summed E-state index contributed by atoms with van der Waals surface area (Å²) in [6.45, 7) is 2.30. The lowest BCUT2D eigenvalue weighted by Gasteiger charge is -2.35. The second-order valence-electron chi connectivity index (χ2n) is 7.61. The molecule has 1 unspecified atom stereocenters. The number of carbonyl (C=O) groups excluding carboxylic acids is 2. The van der Waals surface area contributed by atoms with Crippen LogP contribution >= 0.6 is 11.6 Å². The summed E-state index contributed by atoms with van der Waals surface area (Å²) in [5.41, 5.74) is 0.843. The van der Waals surface area contributed by atoms with Gasteiger partial charge in [0.25, 0.3) is 5.91 Å². The van der Waals surface area contributed by atoms with Crippen molar-refractivity contribution in [1.29, 1.82) is 0 Å². The number of imide groups is 1. The minimum absolute atomic E-state index is 0.197. The first-order valence-corrected chi connectivity index (χ1v) is 10.2. The molecular formula is C21H21ClN5O3+. The maximum atomic E-state index is 13.4. The van der Waals surface area contributed by atoms with Crippen LogP contribution in [0.25, 0.3) is 0 Å². The molecule has 1 saturated heterocycles. The number of amides is 3. The Hall–Kier alpha value is -3.13. The molecule has 0 aliphatic carbocycles. The SMILES string of the molecule is CN1C(=O)N(Cc2ccc(Cl)cc2)C(=O)C2C1=NC1=[N+](Cc3ccco3)CCCN12. The molecular weight excluding hydrogens is 406 g/mol. The summed E-state index contributed by atoms with van der Waals surface area (Å²) in [7, 11) is 1.67. The fraction of sp³-hybridized carbons (Fsp3) is 0.333. The predicted molar refractivity (Wildman–Crippen MR) is 110 cm³/mol. The number of guanidine groups is 1. The molecule has 0 saturated carbocycles. The smallest absolute Gasteiger partial charge is 0.392 e. The molecule has 5 rings (SSSR count). The zero-order valence-corrected chi connectivity index (χ0v) is 17.2. The number of furan rings is 1. The molecule has 154 valence electrons. The van der Waals surface area contributed by atoms with E-state index in [0.29, 0.717) is 23.9 Å². The maximum absolute atomic E-state index is 13.4. The van der Waals surface area contributed by atoms with Crippen molar-refractivity contribution in [3.8, 4) is 0 Å². The number of aliphatic imine (C=N–C) groups is 1. The molecule has 0 radical (unpaired) electrons. The number of rotatable bonds is 4. The summed E-state index contributed by atoms with van der Waals surface area (Å²) in [6.07, 6.45) is 2.54. The Bertz CT molecular complexity index is 1060. The number of fused-ring (bicyclic) bond motifs is 3. The predicted octanol–water partition coefficient (Wildman–Crippen LogP) is 2.38. The zero-order chi connectivity index (χ0) is 20.8. The standard InChI is InChI=1S/C21H21ClN5O3/c1-24-18-17(19(28)27(21(24)29)12-14-5-7-15(22)8-6-14)26-10-3-9-25(20(26)23-18)13-16-4-2-11-30-16/h2,4-8,11,17H,3,9-10,12-13H2,1H3/q+1. The number of likely N-dealkylation sites (N-methyl/N-ethyl adjacent to an activating group) is 1. The molecule has 9 heteroatoms. The van der Waals surface area contributed by atoms with E-state index in [9.17, 15) is 9.59 Å². The highest BCUT2D eigenvalue weighted by Gasteiger charge is 2.56. The van der Waals surface area contributed by atoms with Gasteiger partial charge in [0.2, 0.25) is 11.9 Å². The van der Waals surface area contributed by atoms with Crippen molar-refractivity contribution in [2.24, 2.45) is 4.99 Å². The summed E-state index contributed by atoms with van der Waals surface area (Å²) in [5, 5.41) is 0.613. The molecule has 0 N–H and O–H groups in total. The van der Waals surface area contributed by atoms with Gasteiger partial charge in [0.15, 0.2) is 0 Å². The first-order valence-electron chi connectivity index (χ1n) is 9.86. The quantitative estimate of drug-likeness (QED) is 0.704. The van der Waals surface area contributed by atoms with Gasteiger partial charge < -0.3 is 4.42 Å². The third-order valence-electron chi connectivity index (χ3n) is 5.68. The molecule has 3 amide bonds. The molecule has 1 fully saturated rings. The number of halogens is 1. The summed E-state index contributed by atoms with van der Waals surface area (Å²) >= 11 is 5.96. The second kappa shape index (κ2) is 7.28. The molecule has 30 heavy (non-hydrogen) atoms. The zero-order valence-electron chi connectivity index (χ0n) is 16.5. The van der Waals surface area contributed by atoms with Gasteiger partial charge in [-0.25, -0.2) is 9.69 Å². The van der Waals surface area contributed by atoms with Crippen LogP contribution in [0.3, 0.4) is 0 Å². The van der Waals surface area contributed by atoms with Crippen molar-refractivity contribution < 1.29 is 18.6 Å². The Balaban J connectivity index is 1.47. The largest absolute Gasteiger partial charge is 0.466 e. The van der Waals surface area contributed by atoms with E-state index in [2.05, 4.69) is 4.58 Å². The van der Waals surface area contributed by atoms with Gasteiger partial charge in [-0.1, -0.05) is 28.7 Å². The second-order valence-corrected chi connectivity index (χ2v) is 8.05. The molecule has 0 bridgehead atoms. The van der Waals surface area contributed by atoms with Crippen molar-refractivity contribution in [2.45, 2.75) is 25.6 Å². The van der Waals surface area contributed by atoms with Gasteiger partial charge in [0.05, 0.1) is 25.9 Å². The fourth-order valence-corrected chi connectivity index (χ4v) is 4.30. The number of amidine groups is 1. The number of carbonyl (C=O) groups is 2. The Morgan fingerprint density at radius 1 is 1.23 bits per heavy atom. The third-order valence-corrected chi connectivity index (χ3v) is 5.93. The van der Waals surface area contributed by atoms with Crippen LogP contribution < -0.4 is 0 Å². The Morgan fingerprint density at radius 3 is 2.77 bits per heavy atom. The Labute approximate surface area is 178 Å². The molecule has 1 aromatic carbocycles. The van der Waals surface area contributed by atoms with E-state index < -0.39 is 6.04 Å². The minimum atomic E-state index is -0.589. The van der Waals surface area contributed by atoms with Crippen molar-refractivity contribution in [3.63, 3.8) is 0 Å². The highest BCUT2D eigenvalue weighted by Crippen LogP contribution is 2.27. The van der Waals surface area contributed by atoms with Crippen LogP contribution in [0.1, 0.15) is 17.7 Å². The van der Waals surface area contributed by atoms with E-state index in [-0.39, 0.29) is 18.5 Å². The molecule has 1 atom stereocenters. The number of hydrogen-bond acceptors (Lipinski definition) is 5. The van der Waals surface area contributed by atoms with E-state index in [4.69, 9.17) is 21.0 Å². The van der Waals surface area contributed by atoms with E-state index >= 15 is 0 Å². The topological polar surface area (TPSA) is 72.4 Å².